The first-order valence-electron chi connectivity index (χ1n) is 7.93. The lowest BCUT2D eigenvalue weighted by atomic mass is 9.79. The molecule has 0 saturated heterocycles. The first-order chi connectivity index (χ1) is 9.72. The molecular weight excluding hydrogens is 270 g/mol. The predicted octanol–water partition coefficient (Wildman–Crippen LogP) is 3.96. The van der Waals surface area contributed by atoms with Crippen molar-refractivity contribution >= 4 is 11.6 Å². The number of benzene rings is 1. The molecule has 5 unspecified atom stereocenters. The molecule has 3 fully saturated rings. The number of rotatable bonds is 3. The van der Waals surface area contributed by atoms with Gasteiger partial charge in [0.15, 0.2) is 0 Å². The monoisotopic (exact) mass is 291 g/mol. The van der Waals surface area contributed by atoms with Gasteiger partial charge in [-0.1, -0.05) is 24.1 Å². The number of halogens is 1. The summed E-state index contributed by atoms with van der Waals surface area (Å²) in [5, 5.41) is 13.7. The molecule has 2 nitrogen and oxygen atoms in total. The Bertz CT molecular complexity index is 518. The van der Waals surface area contributed by atoms with Gasteiger partial charge in [-0.05, 0) is 67.1 Å². The van der Waals surface area contributed by atoms with E-state index in [1.165, 1.54) is 37.7 Å². The van der Waals surface area contributed by atoms with Gasteiger partial charge in [-0.25, -0.2) is 0 Å². The molecule has 2 N–H and O–H groups in total. The Balaban J connectivity index is 1.40. The van der Waals surface area contributed by atoms with Gasteiger partial charge < -0.3 is 10.4 Å². The van der Waals surface area contributed by atoms with Gasteiger partial charge >= 0.3 is 0 Å². The van der Waals surface area contributed by atoms with Crippen LogP contribution in [-0.4, -0.2) is 11.1 Å². The lowest BCUT2D eigenvalue weighted by Crippen LogP contribution is -2.38. The van der Waals surface area contributed by atoms with Crippen molar-refractivity contribution in [1.29, 1.82) is 0 Å². The van der Waals surface area contributed by atoms with Gasteiger partial charge in [0, 0.05) is 12.6 Å². The van der Waals surface area contributed by atoms with E-state index in [1.807, 2.05) is 12.1 Å². The number of hydrogen-bond donors (Lipinski definition) is 2. The highest BCUT2D eigenvalue weighted by Gasteiger charge is 2.53. The van der Waals surface area contributed by atoms with Crippen LogP contribution in [0.3, 0.4) is 0 Å². The first kappa shape index (κ1) is 13.0. The molecule has 0 amide bonds. The Morgan fingerprint density at radius 2 is 2.00 bits per heavy atom. The molecule has 3 saturated carbocycles. The molecule has 2 bridgehead atoms. The standard InChI is InChI=1S/C17H22ClNO/c18-15-6-10(4-5-17(15)20)9-19-16-8-11-7-14(16)13-3-1-2-12(11)13/h4-6,11-14,16,19-20H,1-3,7-9H2. The Labute approximate surface area is 125 Å². The fourth-order valence-electron chi connectivity index (χ4n) is 5.21. The van der Waals surface area contributed by atoms with Crippen molar-refractivity contribution in [2.24, 2.45) is 23.7 Å². The summed E-state index contributed by atoms with van der Waals surface area (Å²) in [5.74, 6) is 4.15. The average Bonchev–Trinajstić information content (AvgIpc) is 3.11. The molecule has 20 heavy (non-hydrogen) atoms. The third-order valence-corrected chi connectivity index (χ3v) is 6.31. The van der Waals surface area contributed by atoms with Crippen LogP contribution < -0.4 is 5.32 Å². The van der Waals surface area contributed by atoms with Crippen LogP contribution in [-0.2, 0) is 6.54 Å². The maximum Gasteiger partial charge on any atom is 0.134 e. The molecule has 0 spiro atoms. The number of phenols is 1. The quantitative estimate of drug-likeness (QED) is 0.883. The molecule has 5 atom stereocenters. The molecule has 3 heteroatoms. The molecule has 0 aromatic heterocycles. The van der Waals surface area contributed by atoms with Crippen molar-refractivity contribution < 1.29 is 5.11 Å². The summed E-state index contributed by atoms with van der Waals surface area (Å²) in [4.78, 5) is 0. The summed E-state index contributed by atoms with van der Waals surface area (Å²) in [7, 11) is 0. The van der Waals surface area contributed by atoms with E-state index in [2.05, 4.69) is 5.32 Å². The minimum atomic E-state index is 0.170. The summed E-state index contributed by atoms with van der Waals surface area (Å²) in [6.07, 6.45) is 7.25. The van der Waals surface area contributed by atoms with Crippen molar-refractivity contribution in [2.45, 2.75) is 44.7 Å². The molecule has 0 heterocycles. The molecule has 108 valence electrons. The molecule has 1 aromatic carbocycles. The maximum absolute atomic E-state index is 9.46. The van der Waals surface area contributed by atoms with Crippen LogP contribution in [0.5, 0.6) is 5.75 Å². The zero-order valence-corrected chi connectivity index (χ0v) is 12.4. The van der Waals surface area contributed by atoms with Gasteiger partial charge in [0.2, 0.25) is 0 Å². The van der Waals surface area contributed by atoms with Crippen molar-refractivity contribution in [3.05, 3.63) is 28.8 Å². The number of phenolic OH excluding ortho intramolecular Hbond substituents is 1. The molecular formula is C17H22ClNO. The van der Waals surface area contributed by atoms with Gasteiger partial charge in [0.25, 0.3) is 0 Å². The summed E-state index contributed by atoms with van der Waals surface area (Å²) in [6, 6.07) is 6.22. The Morgan fingerprint density at radius 3 is 2.85 bits per heavy atom. The molecule has 0 radical (unpaired) electrons. The van der Waals surface area contributed by atoms with Crippen molar-refractivity contribution in [3.63, 3.8) is 0 Å². The van der Waals surface area contributed by atoms with E-state index < -0.39 is 0 Å². The zero-order chi connectivity index (χ0) is 13.7. The van der Waals surface area contributed by atoms with Gasteiger partial charge in [0.1, 0.15) is 5.75 Å². The Hall–Kier alpha value is -0.730. The van der Waals surface area contributed by atoms with E-state index in [0.29, 0.717) is 11.1 Å². The number of hydrogen-bond acceptors (Lipinski definition) is 2. The minimum absolute atomic E-state index is 0.170. The van der Waals surface area contributed by atoms with Gasteiger partial charge in [-0.3, -0.25) is 0 Å². The highest BCUT2D eigenvalue weighted by molar-refractivity contribution is 6.32. The topological polar surface area (TPSA) is 32.3 Å². The third kappa shape index (κ3) is 2.05. The fraction of sp³-hybridized carbons (Fsp3) is 0.647. The molecule has 4 rings (SSSR count). The second kappa shape index (κ2) is 4.92. The molecule has 0 aliphatic heterocycles. The molecule has 3 aliphatic carbocycles. The largest absolute Gasteiger partial charge is 0.506 e. The maximum atomic E-state index is 9.46. The van der Waals surface area contributed by atoms with Crippen molar-refractivity contribution in [2.75, 3.05) is 0 Å². The minimum Gasteiger partial charge on any atom is -0.506 e. The van der Waals surface area contributed by atoms with E-state index in [9.17, 15) is 5.11 Å². The van der Waals surface area contributed by atoms with Crippen molar-refractivity contribution in [1.82, 2.24) is 5.32 Å². The first-order valence-corrected chi connectivity index (χ1v) is 8.31. The van der Waals surface area contributed by atoms with Gasteiger partial charge in [0.05, 0.1) is 5.02 Å². The lowest BCUT2D eigenvalue weighted by molar-refractivity contribution is 0.208. The van der Waals surface area contributed by atoms with Gasteiger partial charge in [-0.2, -0.15) is 0 Å². The summed E-state index contributed by atoms with van der Waals surface area (Å²) in [5.41, 5.74) is 1.17. The van der Waals surface area contributed by atoms with Crippen molar-refractivity contribution in [3.8, 4) is 5.75 Å². The van der Waals surface area contributed by atoms with Crippen LogP contribution in [0.25, 0.3) is 0 Å². The van der Waals surface area contributed by atoms with Crippen LogP contribution >= 0.6 is 11.6 Å². The number of fused-ring (bicyclic) bond motifs is 5. The smallest absolute Gasteiger partial charge is 0.134 e. The highest BCUT2D eigenvalue weighted by atomic mass is 35.5. The second-order valence-corrected chi connectivity index (χ2v) is 7.33. The van der Waals surface area contributed by atoms with Crippen LogP contribution in [0.1, 0.15) is 37.7 Å². The second-order valence-electron chi connectivity index (χ2n) is 6.93. The van der Waals surface area contributed by atoms with E-state index in [-0.39, 0.29) is 5.75 Å². The average molecular weight is 292 g/mol. The predicted molar refractivity (Wildman–Crippen MR) is 80.8 cm³/mol. The van der Waals surface area contributed by atoms with E-state index in [1.54, 1.807) is 6.07 Å². The number of aromatic hydroxyl groups is 1. The molecule has 1 aromatic rings. The Morgan fingerprint density at radius 1 is 1.15 bits per heavy atom. The Kier molecular flexibility index (Phi) is 3.19. The summed E-state index contributed by atoms with van der Waals surface area (Å²) >= 11 is 5.97. The van der Waals surface area contributed by atoms with E-state index in [4.69, 9.17) is 11.6 Å². The summed E-state index contributed by atoms with van der Waals surface area (Å²) < 4.78 is 0. The number of nitrogens with one attached hydrogen (secondary N) is 1. The lowest BCUT2D eigenvalue weighted by Gasteiger charge is -2.32. The van der Waals surface area contributed by atoms with E-state index >= 15 is 0 Å². The van der Waals surface area contributed by atoms with Crippen LogP contribution in [0.15, 0.2) is 18.2 Å². The summed E-state index contributed by atoms with van der Waals surface area (Å²) in [6.45, 7) is 0.866. The SMILES string of the molecule is Oc1ccc(CNC2CC3CC2C2CCCC32)cc1Cl. The van der Waals surface area contributed by atoms with Gasteiger partial charge in [-0.15, -0.1) is 0 Å². The van der Waals surface area contributed by atoms with Crippen LogP contribution in [0, 0.1) is 23.7 Å². The molecule has 3 aliphatic rings. The zero-order valence-electron chi connectivity index (χ0n) is 11.7. The van der Waals surface area contributed by atoms with E-state index in [0.717, 1.165) is 30.2 Å². The van der Waals surface area contributed by atoms with Crippen LogP contribution in [0.2, 0.25) is 5.02 Å². The fourth-order valence-corrected chi connectivity index (χ4v) is 5.42. The van der Waals surface area contributed by atoms with Crippen LogP contribution in [0.4, 0.5) is 0 Å². The third-order valence-electron chi connectivity index (χ3n) is 6.01. The highest BCUT2D eigenvalue weighted by Crippen LogP contribution is 2.58. The normalized spacial score (nSPS) is 38.4.